The Labute approximate surface area is 440 Å². The molecule has 0 N–H and O–H groups in total. The molecule has 0 aromatic carbocycles. The zero-order valence-electron chi connectivity index (χ0n) is 47.0. The SMILES string of the molecule is CCCCC/C=C\CCCCCCCC(=O)OCC(COC(=O)CCCCCCCCCC/C=C\C/C=C\C/C=C\CCCCCCC)OC(=O)CCCCCCCCC/C=C\C/C=C\CCCCCC. The van der Waals surface area contributed by atoms with Crippen molar-refractivity contribution in [2.24, 2.45) is 0 Å². The summed E-state index contributed by atoms with van der Waals surface area (Å²) in [5, 5.41) is 0. The van der Waals surface area contributed by atoms with Crippen molar-refractivity contribution >= 4 is 17.9 Å². The molecule has 0 heterocycles. The van der Waals surface area contributed by atoms with Gasteiger partial charge < -0.3 is 14.2 Å². The van der Waals surface area contributed by atoms with E-state index in [9.17, 15) is 14.4 Å². The van der Waals surface area contributed by atoms with Crippen LogP contribution in [0.5, 0.6) is 0 Å². The first-order chi connectivity index (χ1) is 35.0. The molecule has 0 amide bonds. The highest BCUT2D eigenvalue weighted by atomic mass is 16.6. The Bertz CT molecular complexity index is 1320. The van der Waals surface area contributed by atoms with Crippen LogP contribution in [-0.2, 0) is 28.6 Å². The van der Waals surface area contributed by atoms with Crippen LogP contribution in [0.3, 0.4) is 0 Å². The van der Waals surface area contributed by atoms with Crippen molar-refractivity contribution in [2.75, 3.05) is 13.2 Å². The second kappa shape index (κ2) is 59.4. The maximum Gasteiger partial charge on any atom is 0.306 e. The summed E-state index contributed by atoms with van der Waals surface area (Å²) in [6.07, 6.45) is 76.1. The fraction of sp³-hybridized carbons (Fsp3) is 0.769. The highest BCUT2D eigenvalue weighted by Crippen LogP contribution is 2.15. The summed E-state index contributed by atoms with van der Waals surface area (Å²) >= 11 is 0. The highest BCUT2D eigenvalue weighted by molar-refractivity contribution is 5.71. The molecule has 6 heteroatoms. The van der Waals surface area contributed by atoms with Gasteiger partial charge in [-0.2, -0.15) is 0 Å². The zero-order chi connectivity index (χ0) is 51.4. The van der Waals surface area contributed by atoms with E-state index in [0.29, 0.717) is 19.3 Å². The molecule has 6 nitrogen and oxygen atoms in total. The number of hydrogen-bond donors (Lipinski definition) is 0. The summed E-state index contributed by atoms with van der Waals surface area (Å²) in [5.74, 6) is -0.899. The summed E-state index contributed by atoms with van der Waals surface area (Å²) < 4.78 is 16.9. The maximum atomic E-state index is 12.9. The van der Waals surface area contributed by atoms with E-state index in [4.69, 9.17) is 14.2 Å². The van der Waals surface area contributed by atoms with E-state index in [1.165, 1.54) is 167 Å². The third-order valence-corrected chi connectivity index (χ3v) is 13.2. The molecule has 0 bridgehead atoms. The molecular formula is C65H114O6. The number of esters is 3. The van der Waals surface area contributed by atoms with Crippen LogP contribution < -0.4 is 0 Å². The molecule has 0 aromatic rings. The minimum absolute atomic E-state index is 0.0846. The van der Waals surface area contributed by atoms with Crippen LogP contribution in [-0.4, -0.2) is 37.2 Å². The van der Waals surface area contributed by atoms with E-state index in [2.05, 4.69) is 93.7 Å². The number of allylic oxidation sites excluding steroid dienone is 12. The Morgan fingerprint density at radius 2 is 0.507 bits per heavy atom. The fourth-order valence-corrected chi connectivity index (χ4v) is 8.53. The van der Waals surface area contributed by atoms with Crippen LogP contribution in [0.15, 0.2) is 72.9 Å². The molecule has 0 saturated carbocycles. The van der Waals surface area contributed by atoms with Gasteiger partial charge in [-0.1, -0.05) is 241 Å². The third-order valence-electron chi connectivity index (χ3n) is 13.2. The van der Waals surface area contributed by atoms with Crippen LogP contribution in [0.1, 0.15) is 303 Å². The van der Waals surface area contributed by atoms with Crippen LogP contribution in [0, 0.1) is 0 Å². The summed E-state index contributed by atoms with van der Waals surface area (Å²) in [6.45, 7) is 6.59. The van der Waals surface area contributed by atoms with Gasteiger partial charge in [0.2, 0.25) is 0 Å². The number of hydrogen-bond acceptors (Lipinski definition) is 6. The van der Waals surface area contributed by atoms with E-state index < -0.39 is 6.10 Å². The van der Waals surface area contributed by atoms with Gasteiger partial charge in [0.05, 0.1) is 0 Å². The lowest BCUT2D eigenvalue weighted by Crippen LogP contribution is -2.30. The van der Waals surface area contributed by atoms with E-state index in [-0.39, 0.29) is 31.1 Å². The smallest absolute Gasteiger partial charge is 0.306 e. The van der Waals surface area contributed by atoms with Crippen molar-refractivity contribution in [3.8, 4) is 0 Å². The summed E-state index contributed by atoms with van der Waals surface area (Å²) in [7, 11) is 0. The van der Waals surface area contributed by atoms with Crippen LogP contribution in [0.2, 0.25) is 0 Å². The number of unbranched alkanes of at least 4 members (excludes halogenated alkanes) is 32. The Morgan fingerprint density at radius 1 is 0.282 bits per heavy atom. The average Bonchev–Trinajstić information content (AvgIpc) is 3.37. The Morgan fingerprint density at radius 3 is 0.845 bits per heavy atom. The van der Waals surface area contributed by atoms with Gasteiger partial charge in [-0.05, 0) is 116 Å². The molecule has 0 aliphatic carbocycles. The Balaban J connectivity index is 4.35. The van der Waals surface area contributed by atoms with Gasteiger partial charge in [0.1, 0.15) is 13.2 Å². The van der Waals surface area contributed by atoms with Gasteiger partial charge in [0, 0.05) is 19.3 Å². The molecule has 0 fully saturated rings. The summed E-state index contributed by atoms with van der Waals surface area (Å²) in [5.41, 5.74) is 0. The molecule has 0 aliphatic heterocycles. The molecule has 410 valence electrons. The predicted octanol–water partition coefficient (Wildman–Crippen LogP) is 20.5. The lowest BCUT2D eigenvalue weighted by Gasteiger charge is -2.18. The number of carbonyl (C=O) groups excluding carboxylic acids is 3. The molecule has 0 aromatic heterocycles. The van der Waals surface area contributed by atoms with E-state index in [1.54, 1.807) is 0 Å². The third kappa shape index (κ3) is 57.6. The first-order valence-corrected chi connectivity index (χ1v) is 30.4. The molecule has 1 atom stereocenters. The van der Waals surface area contributed by atoms with Gasteiger partial charge in [-0.3, -0.25) is 14.4 Å². The molecule has 0 saturated heterocycles. The first kappa shape index (κ1) is 67.8. The second-order valence-corrected chi connectivity index (χ2v) is 20.2. The van der Waals surface area contributed by atoms with Gasteiger partial charge in [-0.25, -0.2) is 0 Å². The van der Waals surface area contributed by atoms with Gasteiger partial charge in [-0.15, -0.1) is 0 Å². The lowest BCUT2D eigenvalue weighted by atomic mass is 10.1. The molecule has 71 heavy (non-hydrogen) atoms. The Kier molecular flexibility index (Phi) is 56.8. The normalized spacial score (nSPS) is 12.5. The maximum absolute atomic E-state index is 12.9. The van der Waals surface area contributed by atoms with E-state index in [1.807, 2.05) is 0 Å². The van der Waals surface area contributed by atoms with Gasteiger partial charge in [0.25, 0.3) is 0 Å². The van der Waals surface area contributed by atoms with Crippen molar-refractivity contribution in [1.82, 2.24) is 0 Å². The van der Waals surface area contributed by atoms with Crippen LogP contribution in [0.25, 0.3) is 0 Å². The highest BCUT2D eigenvalue weighted by Gasteiger charge is 2.19. The lowest BCUT2D eigenvalue weighted by molar-refractivity contribution is -0.167. The summed E-state index contributed by atoms with van der Waals surface area (Å²) in [6, 6.07) is 0. The first-order valence-electron chi connectivity index (χ1n) is 30.4. The molecule has 0 radical (unpaired) electrons. The van der Waals surface area contributed by atoms with Crippen molar-refractivity contribution in [1.29, 1.82) is 0 Å². The largest absolute Gasteiger partial charge is 0.462 e. The Hall–Kier alpha value is -3.15. The fourth-order valence-electron chi connectivity index (χ4n) is 8.53. The number of ether oxygens (including phenoxy) is 3. The van der Waals surface area contributed by atoms with E-state index >= 15 is 0 Å². The monoisotopic (exact) mass is 991 g/mol. The van der Waals surface area contributed by atoms with Crippen LogP contribution in [0.4, 0.5) is 0 Å². The summed E-state index contributed by atoms with van der Waals surface area (Å²) in [4.78, 5) is 38.2. The van der Waals surface area contributed by atoms with Crippen molar-refractivity contribution < 1.29 is 28.6 Å². The number of rotatable bonds is 55. The zero-order valence-corrected chi connectivity index (χ0v) is 47.0. The van der Waals surface area contributed by atoms with Crippen molar-refractivity contribution in [3.63, 3.8) is 0 Å². The molecule has 0 aliphatic rings. The predicted molar refractivity (Wildman–Crippen MR) is 307 cm³/mol. The molecule has 1 unspecified atom stereocenters. The van der Waals surface area contributed by atoms with Gasteiger partial charge >= 0.3 is 17.9 Å². The average molecular weight is 992 g/mol. The molecular weight excluding hydrogens is 877 g/mol. The quantitative estimate of drug-likeness (QED) is 0.0261. The molecule has 0 spiro atoms. The van der Waals surface area contributed by atoms with Crippen LogP contribution >= 0.6 is 0 Å². The molecule has 0 rings (SSSR count). The minimum atomic E-state index is -0.787. The van der Waals surface area contributed by atoms with E-state index in [0.717, 1.165) is 96.3 Å². The van der Waals surface area contributed by atoms with Gasteiger partial charge in [0.15, 0.2) is 6.10 Å². The second-order valence-electron chi connectivity index (χ2n) is 20.2. The van der Waals surface area contributed by atoms with Crippen molar-refractivity contribution in [3.05, 3.63) is 72.9 Å². The number of carbonyl (C=O) groups is 3. The topological polar surface area (TPSA) is 78.9 Å². The van der Waals surface area contributed by atoms with Crippen molar-refractivity contribution in [2.45, 2.75) is 309 Å². The minimum Gasteiger partial charge on any atom is -0.462 e. The standard InChI is InChI=1S/C65H114O6/c1-4-7-10-13-16-19-22-25-27-29-31-32-33-34-35-37-38-40-43-46-49-52-55-58-64(67)70-61-62(60-69-63(66)57-54-51-48-45-42-24-21-18-15-12-9-6-3)71-65(68)59-56-53-50-47-44-41-39-36-30-28-26-23-20-17-14-11-8-5-2/h18,20-23,25,28-31,33-34,62H,4-17,19,24,26-27,32,35-61H2,1-3H3/b21-18-,23-20-,25-22-,30-28-,31-29-,34-33-.